The summed E-state index contributed by atoms with van der Waals surface area (Å²) < 4.78 is 16.1. The first-order valence-electron chi connectivity index (χ1n) is 11.0. The third kappa shape index (κ3) is 4.89. The highest BCUT2D eigenvalue weighted by molar-refractivity contribution is 8.27. The maximum Gasteiger partial charge on any atom is 0.343 e. The van der Waals surface area contributed by atoms with Gasteiger partial charge in [0.25, 0.3) is 5.91 Å². The number of methoxy groups -OCH3 is 2. The third-order valence-electron chi connectivity index (χ3n) is 5.43. The Bertz CT molecular complexity index is 1570. The van der Waals surface area contributed by atoms with E-state index in [-0.39, 0.29) is 38.7 Å². The molecule has 0 radical (unpaired) electrons. The Morgan fingerprint density at radius 1 is 1.13 bits per heavy atom. The predicted molar refractivity (Wildman–Crippen MR) is 144 cm³/mol. The van der Waals surface area contributed by atoms with Crippen molar-refractivity contribution in [1.82, 2.24) is 9.99 Å². The van der Waals surface area contributed by atoms with Gasteiger partial charge in [0.05, 0.1) is 30.4 Å². The number of amidine groups is 2. The lowest BCUT2D eigenvalue weighted by molar-refractivity contribution is -0.114. The van der Waals surface area contributed by atoms with E-state index in [2.05, 4.69) is 15.1 Å². The number of thioether (sulfide) groups is 1. The van der Waals surface area contributed by atoms with Gasteiger partial charge in [0.1, 0.15) is 10.8 Å². The van der Waals surface area contributed by atoms with Crippen LogP contribution in [0.4, 0.5) is 0 Å². The zero-order valence-electron chi connectivity index (χ0n) is 20.0. The number of halogens is 1. The van der Waals surface area contributed by atoms with E-state index < -0.39 is 11.9 Å². The Kier molecular flexibility index (Phi) is 6.95. The normalized spacial score (nSPS) is 15.7. The number of esters is 1. The lowest BCUT2D eigenvalue weighted by Gasteiger charge is -2.20. The number of nitrogens with one attached hydrogen (secondary N) is 1. The molecule has 1 aromatic heterocycles. The van der Waals surface area contributed by atoms with E-state index in [0.29, 0.717) is 16.4 Å². The van der Waals surface area contributed by atoms with Gasteiger partial charge in [0, 0.05) is 18.0 Å². The van der Waals surface area contributed by atoms with Crippen LogP contribution in [0, 0.1) is 5.41 Å². The molecule has 5 rings (SSSR count). The Morgan fingerprint density at radius 2 is 1.97 bits per heavy atom. The maximum absolute atomic E-state index is 12.8. The van der Waals surface area contributed by atoms with Crippen LogP contribution in [0.15, 0.2) is 76.6 Å². The van der Waals surface area contributed by atoms with Crippen LogP contribution in [0.3, 0.4) is 0 Å². The van der Waals surface area contributed by atoms with E-state index in [1.807, 2.05) is 6.07 Å². The number of fused-ring (bicyclic) bond motifs is 1. The fourth-order valence-electron chi connectivity index (χ4n) is 3.59. The highest BCUT2D eigenvalue weighted by Crippen LogP contribution is 2.38. The van der Waals surface area contributed by atoms with Crippen molar-refractivity contribution in [2.45, 2.75) is 0 Å². The van der Waals surface area contributed by atoms with Crippen LogP contribution < -0.4 is 14.2 Å². The number of rotatable bonds is 6. The molecule has 0 fully saturated rings. The van der Waals surface area contributed by atoms with Crippen molar-refractivity contribution in [3.63, 3.8) is 0 Å². The summed E-state index contributed by atoms with van der Waals surface area (Å²) >= 11 is 7.63. The van der Waals surface area contributed by atoms with E-state index in [0.717, 1.165) is 5.56 Å². The molecule has 10 nitrogen and oxygen atoms in total. The first-order chi connectivity index (χ1) is 18.4. The van der Waals surface area contributed by atoms with Crippen LogP contribution in [0.25, 0.3) is 6.08 Å². The molecule has 2 aliphatic heterocycles. The number of amides is 1. The first-order valence-corrected chi connectivity index (χ1v) is 12.2. The molecular weight excluding hydrogens is 530 g/mol. The van der Waals surface area contributed by atoms with Crippen LogP contribution in [0.1, 0.15) is 21.5 Å². The number of benzene rings is 2. The fraction of sp³-hybridized carbons (Fsp3) is 0.0769. The molecule has 0 saturated carbocycles. The lowest BCUT2D eigenvalue weighted by atomic mass is 10.1. The van der Waals surface area contributed by atoms with E-state index in [1.54, 1.807) is 36.7 Å². The Labute approximate surface area is 226 Å². The van der Waals surface area contributed by atoms with E-state index in [9.17, 15) is 9.59 Å². The molecule has 0 atom stereocenters. The molecule has 1 amide bonds. The number of pyridine rings is 1. The summed E-state index contributed by atoms with van der Waals surface area (Å²) in [6, 6.07) is 13.1. The molecule has 12 heteroatoms. The largest absolute Gasteiger partial charge is 0.497 e. The highest BCUT2D eigenvalue weighted by Gasteiger charge is 2.36. The van der Waals surface area contributed by atoms with Crippen molar-refractivity contribution in [1.29, 1.82) is 5.41 Å². The van der Waals surface area contributed by atoms with Crippen molar-refractivity contribution < 1.29 is 23.8 Å². The Hall–Kier alpha value is -4.48. The van der Waals surface area contributed by atoms with Gasteiger partial charge in [-0.25, -0.2) is 4.79 Å². The number of aromatic nitrogens is 1. The van der Waals surface area contributed by atoms with Gasteiger partial charge in [-0.3, -0.25) is 15.2 Å². The van der Waals surface area contributed by atoms with Gasteiger partial charge in [-0.1, -0.05) is 17.7 Å². The summed E-state index contributed by atoms with van der Waals surface area (Å²) in [4.78, 5) is 33.7. The van der Waals surface area contributed by atoms with Crippen LogP contribution >= 0.6 is 23.4 Å². The molecule has 0 spiro atoms. The molecule has 38 heavy (non-hydrogen) atoms. The summed E-state index contributed by atoms with van der Waals surface area (Å²) in [6.07, 6.45) is 4.74. The number of hydrazone groups is 1. The van der Waals surface area contributed by atoms with E-state index >= 15 is 0 Å². The van der Waals surface area contributed by atoms with Gasteiger partial charge in [0.15, 0.2) is 17.3 Å². The average Bonchev–Trinajstić information content (AvgIpc) is 3.37. The number of aliphatic imine (C=N–C) groups is 1. The molecule has 0 bridgehead atoms. The van der Waals surface area contributed by atoms with Crippen LogP contribution in [-0.2, 0) is 4.79 Å². The minimum Gasteiger partial charge on any atom is -0.497 e. The summed E-state index contributed by atoms with van der Waals surface area (Å²) in [5, 5.41) is 15.3. The Balaban J connectivity index is 1.43. The van der Waals surface area contributed by atoms with Crippen molar-refractivity contribution in [2.24, 2.45) is 10.1 Å². The third-order valence-corrected chi connectivity index (χ3v) is 6.66. The number of carbonyl (C=O) groups excluding carboxylic acids is 2. The summed E-state index contributed by atoms with van der Waals surface area (Å²) in [5.74, 6) is -0.729. The smallest absolute Gasteiger partial charge is 0.343 e. The van der Waals surface area contributed by atoms with Gasteiger partial charge in [0.2, 0.25) is 5.17 Å². The molecule has 0 unspecified atom stereocenters. The second kappa shape index (κ2) is 10.5. The second-order valence-corrected chi connectivity index (χ2v) is 9.19. The number of hydrogen-bond acceptors (Lipinski definition) is 9. The Morgan fingerprint density at radius 3 is 2.71 bits per heavy atom. The molecule has 0 aliphatic carbocycles. The monoisotopic (exact) mass is 547 g/mol. The fourth-order valence-corrected chi connectivity index (χ4v) is 4.73. The van der Waals surface area contributed by atoms with Crippen molar-refractivity contribution in [3.05, 3.63) is 88.2 Å². The first kappa shape index (κ1) is 25.2. The van der Waals surface area contributed by atoms with Crippen LogP contribution in [0.5, 0.6) is 17.2 Å². The predicted octanol–water partition coefficient (Wildman–Crippen LogP) is 4.64. The minimum atomic E-state index is -0.657. The summed E-state index contributed by atoms with van der Waals surface area (Å²) in [6.45, 7) is 0. The lowest BCUT2D eigenvalue weighted by Crippen LogP contribution is -2.35. The summed E-state index contributed by atoms with van der Waals surface area (Å²) in [7, 11) is 2.89. The van der Waals surface area contributed by atoms with Crippen molar-refractivity contribution in [2.75, 3.05) is 14.2 Å². The zero-order valence-corrected chi connectivity index (χ0v) is 21.5. The zero-order chi connectivity index (χ0) is 26.8. The molecule has 3 aromatic rings. The van der Waals surface area contributed by atoms with E-state index in [1.165, 1.54) is 55.3 Å². The highest BCUT2D eigenvalue weighted by atomic mass is 35.5. The quantitative estimate of drug-likeness (QED) is 0.269. The summed E-state index contributed by atoms with van der Waals surface area (Å²) in [5.41, 5.74) is 1.45. The SMILES string of the molecule is COc1cccc(C(=O)Oc2c(Cl)cc(/C=C3\C(=N)N4N=C(c5cccnc5)SC4=NC3=O)cc2OC)c1. The van der Waals surface area contributed by atoms with Gasteiger partial charge in [-0.05, 0) is 65.9 Å². The van der Waals surface area contributed by atoms with Gasteiger partial charge >= 0.3 is 5.97 Å². The molecular formula is C26H18ClN5O5S. The number of hydrogen-bond donors (Lipinski definition) is 1. The van der Waals surface area contributed by atoms with E-state index in [4.69, 9.17) is 31.2 Å². The standard InChI is InChI=1S/C26H18ClN5O5S/c1-35-17-7-3-5-15(12-17)25(34)37-21-19(27)10-14(11-20(21)36-2)9-18-22(28)32-26(30-23(18)33)38-24(31-32)16-6-4-8-29-13-16/h3-13,28H,1-2H3/b18-9+,28-22?. The number of carbonyl (C=O) groups is 2. The molecule has 1 N–H and O–H groups in total. The van der Waals surface area contributed by atoms with Crippen LogP contribution in [-0.4, -0.2) is 52.1 Å². The maximum atomic E-state index is 12.8. The average molecular weight is 548 g/mol. The van der Waals surface area contributed by atoms with Crippen LogP contribution in [0.2, 0.25) is 5.02 Å². The molecule has 0 saturated heterocycles. The minimum absolute atomic E-state index is 0.00443. The molecule has 190 valence electrons. The molecule has 3 heterocycles. The van der Waals surface area contributed by atoms with Gasteiger partial charge in [-0.15, -0.1) is 0 Å². The van der Waals surface area contributed by atoms with Crippen molar-refractivity contribution >= 4 is 57.4 Å². The van der Waals surface area contributed by atoms with Crippen molar-refractivity contribution in [3.8, 4) is 17.2 Å². The second-order valence-electron chi connectivity index (χ2n) is 7.82. The van der Waals surface area contributed by atoms with Gasteiger partial charge in [-0.2, -0.15) is 15.1 Å². The molecule has 2 aliphatic rings. The van der Waals surface area contributed by atoms with Gasteiger partial charge < -0.3 is 14.2 Å². The topological polar surface area (TPSA) is 127 Å². The number of nitrogens with zero attached hydrogens (tertiary/aromatic N) is 4. The molecule has 2 aromatic carbocycles. The number of ether oxygens (including phenoxy) is 3.